The van der Waals surface area contributed by atoms with Crippen LogP contribution in [-0.2, 0) is 14.8 Å². The fourth-order valence-electron chi connectivity index (χ4n) is 2.66. The van der Waals surface area contributed by atoms with E-state index in [1.54, 1.807) is 6.07 Å². The Morgan fingerprint density at radius 2 is 2.03 bits per heavy atom. The fraction of sp³-hybridized carbons (Fsp3) is 0.444. The van der Waals surface area contributed by atoms with Crippen LogP contribution in [0.15, 0.2) is 16.3 Å². The topological polar surface area (TPSA) is 137 Å². The number of aromatic nitrogens is 2. The smallest absolute Gasteiger partial charge is 0.349 e. The van der Waals surface area contributed by atoms with Crippen molar-refractivity contribution >= 4 is 39.3 Å². The van der Waals surface area contributed by atoms with Crippen molar-refractivity contribution in [3.8, 4) is 5.88 Å². The van der Waals surface area contributed by atoms with Gasteiger partial charge in [0.25, 0.3) is 10.0 Å². The summed E-state index contributed by atoms with van der Waals surface area (Å²) in [5, 5.41) is 3.83. The maximum atomic E-state index is 12.8. The SMILES string of the molecule is CCCOC(=O)c1scc(C)c1S(=O)(=O)NC(=O)Nc1nc(OC)cc(C2CC2)n1. The summed E-state index contributed by atoms with van der Waals surface area (Å²) in [6, 6.07) is 0.629. The van der Waals surface area contributed by atoms with Crippen LogP contribution in [0.4, 0.5) is 10.7 Å². The van der Waals surface area contributed by atoms with Gasteiger partial charge in [0, 0.05) is 12.0 Å². The minimum Gasteiger partial charge on any atom is -0.481 e. The van der Waals surface area contributed by atoms with Gasteiger partial charge in [-0.3, -0.25) is 5.32 Å². The van der Waals surface area contributed by atoms with E-state index in [1.165, 1.54) is 19.4 Å². The van der Waals surface area contributed by atoms with Gasteiger partial charge in [-0.05, 0) is 37.1 Å². The van der Waals surface area contributed by atoms with Gasteiger partial charge in [0.05, 0.1) is 19.4 Å². The number of aryl methyl sites for hydroxylation is 1. The van der Waals surface area contributed by atoms with Crippen molar-refractivity contribution in [1.82, 2.24) is 14.7 Å². The number of thiophene rings is 1. The number of nitrogens with zero attached hydrogens (tertiary/aromatic N) is 2. The minimum atomic E-state index is -4.34. The number of rotatable bonds is 8. The van der Waals surface area contributed by atoms with E-state index in [9.17, 15) is 18.0 Å². The first-order valence-electron chi connectivity index (χ1n) is 9.27. The number of amides is 2. The maximum Gasteiger partial charge on any atom is 0.349 e. The quantitative estimate of drug-likeness (QED) is 0.581. The first kappa shape index (κ1) is 22.0. The number of anilines is 1. The maximum absolute atomic E-state index is 12.8. The molecule has 0 bridgehead atoms. The molecule has 2 amide bonds. The molecule has 1 saturated carbocycles. The molecule has 0 aliphatic heterocycles. The molecule has 1 aliphatic carbocycles. The number of hydrogen-bond donors (Lipinski definition) is 2. The highest BCUT2D eigenvalue weighted by Crippen LogP contribution is 2.40. The summed E-state index contributed by atoms with van der Waals surface area (Å²) in [5.41, 5.74) is 1.05. The molecule has 30 heavy (non-hydrogen) atoms. The van der Waals surface area contributed by atoms with Crippen LogP contribution in [-0.4, -0.2) is 44.1 Å². The van der Waals surface area contributed by atoms with Crippen molar-refractivity contribution in [3.05, 3.63) is 27.6 Å². The molecule has 0 spiro atoms. The molecule has 0 radical (unpaired) electrons. The molecule has 2 aromatic heterocycles. The summed E-state index contributed by atoms with van der Waals surface area (Å²) < 4.78 is 37.6. The second-order valence-corrected chi connectivity index (χ2v) is 9.20. The molecular formula is C18H22N4O6S2. The Morgan fingerprint density at radius 1 is 1.30 bits per heavy atom. The van der Waals surface area contributed by atoms with E-state index in [1.807, 2.05) is 11.6 Å². The van der Waals surface area contributed by atoms with Gasteiger partial charge in [0.2, 0.25) is 11.8 Å². The van der Waals surface area contributed by atoms with Crippen molar-refractivity contribution in [2.45, 2.75) is 43.9 Å². The molecule has 1 fully saturated rings. The average molecular weight is 455 g/mol. The summed E-state index contributed by atoms with van der Waals surface area (Å²) in [6.07, 6.45) is 2.56. The molecule has 0 atom stereocenters. The van der Waals surface area contributed by atoms with E-state index >= 15 is 0 Å². The van der Waals surface area contributed by atoms with E-state index in [0.717, 1.165) is 29.9 Å². The van der Waals surface area contributed by atoms with Crippen LogP contribution < -0.4 is 14.8 Å². The Hall–Kier alpha value is -2.73. The molecule has 0 saturated heterocycles. The van der Waals surface area contributed by atoms with Crippen LogP contribution in [0.5, 0.6) is 5.88 Å². The fourth-order valence-corrected chi connectivity index (χ4v) is 5.25. The van der Waals surface area contributed by atoms with E-state index < -0.39 is 22.0 Å². The molecule has 2 aromatic rings. The first-order chi connectivity index (χ1) is 14.2. The van der Waals surface area contributed by atoms with Crippen LogP contribution >= 0.6 is 11.3 Å². The van der Waals surface area contributed by atoms with Gasteiger partial charge in [0.1, 0.15) is 9.77 Å². The first-order valence-corrected chi connectivity index (χ1v) is 11.6. The van der Waals surface area contributed by atoms with Crippen molar-refractivity contribution in [2.24, 2.45) is 0 Å². The standard InChI is InChI=1S/C18H22N4O6S2/c1-4-7-28-16(23)14-15(10(2)9-29-14)30(25,26)22-18(24)21-17-19-12(11-5-6-11)8-13(20-17)27-3/h8-9,11H,4-7H2,1-3H3,(H2,19,20,21,22,24). The Bertz CT molecular complexity index is 1060. The predicted molar refractivity (Wildman–Crippen MR) is 110 cm³/mol. The van der Waals surface area contributed by atoms with Crippen molar-refractivity contribution in [3.63, 3.8) is 0 Å². The molecule has 2 N–H and O–H groups in total. The molecule has 0 unspecified atom stereocenters. The molecule has 2 heterocycles. The third kappa shape index (κ3) is 5.05. The number of urea groups is 1. The lowest BCUT2D eigenvalue weighted by molar-refractivity contribution is 0.0506. The van der Waals surface area contributed by atoms with Crippen molar-refractivity contribution in [1.29, 1.82) is 0 Å². The highest BCUT2D eigenvalue weighted by atomic mass is 32.2. The highest BCUT2D eigenvalue weighted by molar-refractivity contribution is 7.90. The Balaban J connectivity index is 1.78. The zero-order valence-electron chi connectivity index (χ0n) is 16.7. The minimum absolute atomic E-state index is 0.0754. The highest BCUT2D eigenvalue weighted by Gasteiger charge is 2.30. The summed E-state index contributed by atoms with van der Waals surface area (Å²) >= 11 is 0.943. The molecule has 12 heteroatoms. The number of ether oxygens (including phenoxy) is 2. The normalized spacial score (nSPS) is 13.6. The van der Waals surface area contributed by atoms with Gasteiger partial charge < -0.3 is 9.47 Å². The second-order valence-electron chi connectivity index (χ2n) is 6.71. The Morgan fingerprint density at radius 3 is 2.67 bits per heavy atom. The van der Waals surface area contributed by atoms with Gasteiger partial charge in [-0.15, -0.1) is 11.3 Å². The molecule has 1 aliphatic rings. The number of methoxy groups -OCH3 is 1. The summed E-state index contributed by atoms with van der Waals surface area (Å²) in [6.45, 7) is 3.53. The summed E-state index contributed by atoms with van der Waals surface area (Å²) in [5.74, 6) is -0.284. The van der Waals surface area contributed by atoms with Gasteiger partial charge in [0.15, 0.2) is 0 Å². The zero-order valence-corrected chi connectivity index (χ0v) is 18.4. The van der Waals surface area contributed by atoms with Crippen molar-refractivity contribution < 1.29 is 27.5 Å². The lowest BCUT2D eigenvalue weighted by Gasteiger charge is -2.11. The van der Waals surface area contributed by atoms with Crippen LogP contribution in [0.2, 0.25) is 0 Å². The van der Waals surface area contributed by atoms with Crippen LogP contribution in [0.3, 0.4) is 0 Å². The van der Waals surface area contributed by atoms with E-state index in [0.29, 0.717) is 12.0 Å². The van der Waals surface area contributed by atoms with E-state index in [2.05, 4.69) is 15.3 Å². The number of esters is 1. The molecule has 10 nitrogen and oxygen atoms in total. The molecule has 3 rings (SSSR count). The Kier molecular flexibility index (Phi) is 6.56. The van der Waals surface area contributed by atoms with Crippen LogP contribution in [0, 0.1) is 6.92 Å². The Labute approximate surface area is 178 Å². The van der Waals surface area contributed by atoms with Crippen molar-refractivity contribution in [2.75, 3.05) is 19.0 Å². The number of sulfonamides is 1. The molecule has 162 valence electrons. The lowest BCUT2D eigenvalue weighted by atomic mass is 10.3. The monoisotopic (exact) mass is 454 g/mol. The molecular weight excluding hydrogens is 432 g/mol. The number of nitrogens with one attached hydrogen (secondary N) is 2. The van der Waals surface area contributed by atoms with E-state index in [-0.39, 0.29) is 34.1 Å². The third-order valence-electron chi connectivity index (χ3n) is 4.19. The largest absolute Gasteiger partial charge is 0.481 e. The predicted octanol–water partition coefficient (Wildman–Crippen LogP) is 2.81. The van der Waals surface area contributed by atoms with Gasteiger partial charge in [-0.2, -0.15) is 4.98 Å². The lowest BCUT2D eigenvalue weighted by Crippen LogP contribution is -2.35. The zero-order chi connectivity index (χ0) is 21.9. The molecule has 0 aromatic carbocycles. The third-order valence-corrected chi connectivity index (χ3v) is 6.91. The van der Waals surface area contributed by atoms with Gasteiger partial charge >= 0.3 is 12.0 Å². The summed E-state index contributed by atoms with van der Waals surface area (Å²) in [7, 11) is -2.90. The summed E-state index contributed by atoms with van der Waals surface area (Å²) in [4.78, 5) is 32.4. The van der Waals surface area contributed by atoms with Crippen LogP contribution in [0.1, 0.15) is 53.0 Å². The number of hydrogen-bond acceptors (Lipinski definition) is 9. The van der Waals surface area contributed by atoms with E-state index in [4.69, 9.17) is 9.47 Å². The number of carbonyl (C=O) groups is 2. The second kappa shape index (κ2) is 8.96. The van der Waals surface area contributed by atoms with Gasteiger partial charge in [-0.25, -0.2) is 27.7 Å². The average Bonchev–Trinajstić information content (AvgIpc) is 3.46. The number of carbonyl (C=O) groups excluding carboxylic acids is 2. The van der Waals surface area contributed by atoms with Gasteiger partial charge in [-0.1, -0.05) is 6.92 Å². The van der Waals surface area contributed by atoms with Crippen LogP contribution in [0.25, 0.3) is 0 Å².